The lowest BCUT2D eigenvalue weighted by atomic mass is 9.96. The van der Waals surface area contributed by atoms with E-state index in [1.165, 1.54) is 32.1 Å². The van der Waals surface area contributed by atoms with Crippen LogP contribution in [0.4, 0.5) is 0 Å². The molecular formula is C13H25IN6. The van der Waals surface area contributed by atoms with Gasteiger partial charge in [-0.2, -0.15) is 0 Å². The summed E-state index contributed by atoms with van der Waals surface area (Å²) in [6.07, 6.45) is 8.20. The normalized spacial score (nSPS) is 16.6. The molecule has 0 amide bonds. The van der Waals surface area contributed by atoms with Gasteiger partial charge in [0.1, 0.15) is 12.9 Å². The van der Waals surface area contributed by atoms with Gasteiger partial charge in [-0.25, -0.2) is 4.99 Å². The van der Waals surface area contributed by atoms with Gasteiger partial charge in [0.05, 0.1) is 0 Å². The van der Waals surface area contributed by atoms with Crippen LogP contribution in [-0.2, 0) is 13.6 Å². The fourth-order valence-corrected chi connectivity index (χ4v) is 2.36. The second-order valence-electron chi connectivity index (χ2n) is 5.03. The molecule has 7 heteroatoms. The van der Waals surface area contributed by atoms with E-state index in [4.69, 9.17) is 0 Å². The van der Waals surface area contributed by atoms with E-state index in [9.17, 15) is 0 Å². The minimum absolute atomic E-state index is 0. The lowest BCUT2D eigenvalue weighted by molar-refractivity contribution is 0.410. The lowest BCUT2D eigenvalue weighted by Gasteiger charge is -2.24. The Morgan fingerprint density at radius 2 is 2.15 bits per heavy atom. The van der Waals surface area contributed by atoms with Crippen molar-refractivity contribution in [2.45, 2.75) is 51.6 Å². The number of guanidine groups is 1. The van der Waals surface area contributed by atoms with E-state index >= 15 is 0 Å². The molecule has 0 radical (unpaired) electrons. The van der Waals surface area contributed by atoms with Crippen LogP contribution in [0.15, 0.2) is 11.3 Å². The van der Waals surface area contributed by atoms with Gasteiger partial charge in [-0.15, -0.1) is 34.2 Å². The van der Waals surface area contributed by atoms with Crippen molar-refractivity contribution in [1.29, 1.82) is 0 Å². The summed E-state index contributed by atoms with van der Waals surface area (Å²) in [6.45, 7) is 3.51. The van der Waals surface area contributed by atoms with Crippen molar-refractivity contribution >= 4 is 29.9 Å². The lowest BCUT2D eigenvalue weighted by Crippen LogP contribution is -2.44. The molecule has 0 aliphatic heterocycles. The fourth-order valence-electron chi connectivity index (χ4n) is 2.36. The monoisotopic (exact) mass is 392 g/mol. The molecule has 6 nitrogen and oxygen atoms in total. The molecule has 1 fully saturated rings. The Kier molecular flexibility index (Phi) is 7.86. The van der Waals surface area contributed by atoms with Gasteiger partial charge >= 0.3 is 0 Å². The number of halogens is 1. The van der Waals surface area contributed by atoms with Crippen molar-refractivity contribution in [2.24, 2.45) is 12.0 Å². The van der Waals surface area contributed by atoms with Gasteiger partial charge in [-0.1, -0.05) is 19.3 Å². The highest BCUT2D eigenvalue weighted by molar-refractivity contribution is 14.0. The number of aryl methyl sites for hydroxylation is 1. The van der Waals surface area contributed by atoms with Crippen molar-refractivity contribution < 1.29 is 0 Å². The van der Waals surface area contributed by atoms with E-state index in [2.05, 4.69) is 32.7 Å². The standard InChI is InChI=1S/C13H24N6.HI/c1-3-14-13(17-11-7-5-4-6-8-11)15-9-12-18-16-10-19(12)2;/h10-11H,3-9H2,1-2H3,(H2,14,15,17);1H. The third kappa shape index (κ3) is 5.26. The summed E-state index contributed by atoms with van der Waals surface area (Å²) in [5, 5.41) is 14.7. The van der Waals surface area contributed by atoms with E-state index in [-0.39, 0.29) is 24.0 Å². The molecule has 2 N–H and O–H groups in total. The molecule has 1 heterocycles. The largest absolute Gasteiger partial charge is 0.357 e. The molecule has 0 atom stereocenters. The molecule has 1 aliphatic rings. The Balaban J connectivity index is 0.00000200. The molecule has 0 saturated heterocycles. The highest BCUT2D eigenvalue weighted by atomic mass is 127. The third-order valence-electron chi connectivity index (χ3n) is 3.47. The predicted octanol–water partition coefficient (Wildman–Crippen LogP) is 1.82. The molecule has 1 aliphatic carbocycles. The van der Waals surface area contributed by atoms with Crippen LogP contribution in [0.3, 0.4) is 0 Å². The number of hydrogen-bond acceptors (Lipinski definition) is 3. The Morgan fingerprint density at radius 3 is 2.75 bits per heavy atom. The molecule has 1 aromatic heterocycles. The Hall–Kier alpha value is -0.860. The van der Waals surface area contributed by atoms with Crippen molar-refractivity contribution in [1.82, 2.24) is 25.4 Å². The number of hydrogen-bond donors (Lipinski definition) is 2. The van der Waals surface area contributed by atoms with E-state index in [0.717, 1.165) is 18.3 Å². The van der Waals surface area contributed by atoms with Gasteiger partial charge in [0.15, 0.2) is 11.8 Å². The first-order chi connectivity index (χ1) is 9.29. The maximum absolute atomic E-state index is 4.58. The minimum Gasteiger partial charge on any atom is -0.357 e. The molecule has 0 unspecified atom stereocenters. The highest BCUT2D eigenvalue weighted by Gasteiger charge is 2.14. The molecular weight excluding hydrogens is 367 g/mol. The zero-order valence-electron chi connectivity index (χ0n) is 12.3. The van der Waals surface area contributed by atoms with Crippen LogP contribution in [-0.4, -0.2) is 33.3 Å². The molecule has 0 bridgehead atoms. The highest BCUT2D eigenvalue weighted by Crippen LogP contribution is 2.17. The molecule has 114 valence electrons. The summed E-state index contributed by atoms with van der Waals surface area (Å²) in [5.41, 5.74) is 0. The third-order valence-corrected chi connectivity index (χ3v) is 3.47. The first-order valence-electron chi connectivity index (χ1n) is 7.17. The summed E-state index contributed by atoms with van der Waals surface area (Å²) < 4.78 is 1.90. The Morgan fingerprint density at radius 1 is 1.40 bits per heavy atom. The van der Waals surface area contributed by atoms with Crippen LogP contribution >= 0.6 is 24.0 Å². The number of aromatic nitrogens is 3. The number of nitrogens with one attached hydrogen (secondary N) is 2. The molecule has 1 saturated carbocycles. The quantitative estimate of drug-likeness (QED) is 0.466. The summed E-state index contributed by atoms with van der Waals surface area (Å²) in [5.74, 6) is 1.76. The summed E-state index contributed by atoms with van der Waals surface area (Å²) in [4.78, 5) is 4.58. The summed E-state index contributed by atoms with van der Waals surface area (Å²) >= 11 is 0. The molecule has 20 heavy (non-hydrogen) atoms. The summed E-state index contributed by atoms with van der Waals surface area (Å²) in [7, 11) is 1.94. The Bertz CT molecular complexity index is 411. The first kappa shape index (κ1) is 17.2. The Labute approximate surface area is 137 Å². The van der Waals surface area contributed by atoms with Crippen LogP contribution in [0.5, 0.6) is 0 Å². The first-order valence-corrected chi connectivity index (χ1v) is 7.17. The fraction of sp³-hybridized carbons (Fsp3) is 0.769. The van der Waals surface area contributed by atoms with Crippen LogP contribution < -0.4 is 10.6 Å². The maximum Gasteiger partial charge on any atom is 0.191 e. The maximum atomic E-state index is 4.58. The van der Waals surface area contributed by atoms with Crippen molar-refractivity contribution in [3.8, 4) is 0 Å². The van der Waals surface area contributed by atoms with E-state index in [1.54, 1.807) is 6.33 Å². The minimum atomic E-state index is 0. The van der Waals surface area contributed by atoms with E-state index in [1.807, 2.05) is 11.6 Å². The zero-order valence-corrected chi connectivity index (χ0v) is 14.6. The topological polar surface area (TPSA) is 67.1 Å². The second kappa shape index (κ2) is 9.15. The van der Waals surface area contributed by atoms with Crippen molar-refractivity contribution in [3.63, 3.8) is 0 Å². The number of nitrogens with zero attached hydrogens (tertiary/aromatic N) is 4. The van der Waals surface area contributed by atoms with Gasteiger partial charge < -0.3 is 15.2 Å². The SMILES string of the molecule is CCNC(=NCc1nncn1C)NC1CCCCC1.I. The van der Waals surface area contributed by atoms with Crippen LogP contribution in [0.25, 0.3) is 0 Å². The molecule has 1 aromatic rings. The van der Waals surface area contributed by atoms with Crippen LogP contribution in [0.2, 0.25) is 0 Å². The average Bonchev–Trinajstić information content (AvgIpc) is 2.83. The van der Waals surface area contributed by atoms with Crippen molar-refractivity contribution in [2.75, 3.05) is 6.54 Å². The van der Waals surface area contributed by atoms with E-state index < -0.39 is 0 Å². The zero-order chi connectivity index (χ0) is 13.5. The van der Waals surface area contributed by atoms with Gasteiger partial charge in [-0.05, 0) is 19.8 Å². The predicted molar refractivity (Wildman–Crippen MR) is 91.2 cm³/mol. The van der Waals surface area contributed by atoms with Crippen LogP contribution in [0.1, 0.15) is 44.9 Å². The van der Waals surface area contributed by atoms with Gasteiger partial charge in [0.25, 0.3) is 0 Å². The molecule has 0 spiro atoms. The van der Waals surface area contributed by atoms with Gasteiger partial charge in [0.2, 0.25) is 0 Å². The number of rotatable bonds is 4. The van der Waals surface area contributed by atoms with Crippen molar-refractivity contribution in [3.05, 3.63) is 12.2 Å². The molecule has 0 aromatic carbocycles. The summed E-state index contributed by atoms with van der Waals surface area (Å²) in [6, 6.07) is 0.561. The number of aliphatic imine (C=N–C) groups is 1. The van der Waals surface area contributed by atoms with E-state index in [0.29, 0.717) is 12.6 Å². The van der Waals surface area contributed by atoms with Gasteiger partial charge in [0, 0.05) is 19.6 Å². The van der Waals surface area contributed by atoms with Crippen LogP contribution in [0, 0.1) is 0 Å². The van der Waals surface area contributed by atoms with Gasteiger partial charge in [-0.3, -0.25) is 0 Å². The average molecular weight is 392 g/mol. The smallest absolute Gasteiger partial charge is 0.191 e. The second-order valence-corrected chi connectivity index (χ2v) is 5.03. The molecule has 2 rings (SSSR count).